The van der Waals surface area contributed by atoms with Crippen LogP contribution in [-0.4, -0.2) is 47.1 Å². The van der Waals surface area contributed by atoms with Gasteiger partial charge in [0.15, 0.2) is 0 Å². The summed E-state index contributed by atoms with van der Waals surface area (Å²) >= 11 is 0. The van der Waals surface area contributed by atoms with Gasteiger partial charge in [-0.05, 0) is 55.9 Å². The van der Waals surface area contributed by atoms with Crippen molar-refractivity contribution < 1.29 is 31.8 Å². The summed E-state index contributed by atoms with van der Waals surface area (Å²) in [6.45, 7) is 6.15. The van der Waals surface area contributed by atoms with Gasteiger partial charge < -0.3 is 15.2 Å². The molecule has 0 radical (unpaired) electrons. The molecule has 0 bridgehead atoms. The Morgan fingerprint density at radius 3 is 1.55 bits per heavy atom. The number of hydrogen-bond acceptors (Lipinski definition) is 3. The molecule has 0 aliphatic carbocycles. The number of carbonyl (C=O) groups is 2. The second-order valence-corrected chi connectivity index (χ2v) is 10.8. The number of carboxylic acids is 1. The number of rotatable bonds is 22. The number of nitrogens with zero attached hydrogens (tertiary/aromatic N) is 2. The summed E-state index contributed by atoms with van der Waals surface area (Å²) in [4.78, 5) is 28.2. The fourth-order valence-corrected chi connectivity index (χ4v) is 5.09. The number of carbonyl (C=O) groups excluding carboxylic acids is 1. The van der Waals surface area contributed by atoms with Gasteiger partial charge in [-0.3, -0.25) is 9.69 Å². The maximum Gasteiger partial charge on any atom is 1.00 e. The second kappa shape index (κ2) is 22.5. The van der Waals surface area contributed by atoms with E-state index in [1.807, 2.05) is 60.7 Å². The molecule has 2 atom stereocenters. The molecule has 40 heavy (non-hydrogen) atoms. The van der Waals surface area contributed by atoms with E-state index in [-0.39, 0.29) is 29.4 Å². The first-order valence-electron chi connectivity index (χ1n) is 15.3. The Bertz CT molecular complexity index is 894. The number of hydrogen-bond donors (Lipinski definition) is 1. The molecule has 226 valence electrons. The van der Waals surface area contributed by atoms with Gasteiger partial charge in [-0.25, -0.2) is 0 Å². The Kier molecular flexibility index (Phi) is 20.2. The average molecular weight is 599 g/mol. The third kappa shape index (κ3) is 15.0. The Labute approximate surface area is 254 Å². The van der Waals surface area contributed by atoms with Crippen LogP contribution in [0.25, 0.3) is 5.32 Å². The quantitative estimate of drug-likeness (QED) is 0.109. The fraction of sp³-hybridized carbons (Fsp3) is 0.588. The van der Waals surface area contributed by atoms with Crippen LogP contribution in [0.2, 0.25) is 0 Å². The van der Waals surface area contributed by atoms with Gasteiger partial charge in [0.05, 0.1) is 11.9 Å². The topological polar surface area (TPSA) is 71.7 Å². The third-order valence-corrected chi connectivity index (χ3v) is 7.44. The SMILES string of the molecule is CCCCCCCCN(CCCCCCCC)[C@@H](Cc1ccccc1)C(=O)[N-][C@@H](Cc1ccccc1)C(=O)O.[Cu+]. The van der Waals surface area contributed by atoms with E-state index in [9.17, 15) is 14.7 Å². The maximum absolute atomic E-state index is 13.8. The predicted molar refractivity (Wildman–Crippen MR) is 162 cm³/mol. The Hall–Kier alpha value is -2.14. The van der Waals surface area contributed by atoms with Gasteiger partial charge in [-0.15, -0.1) is 0 Å². The van der Waals surface area contributed by atoms with Crippen molar-refractivity contribution in [1.82, 2.24) is 4.90 Å². The van der Waals surface area contributed by atoms with E-state index < -0.39 is 18.1 Å². The zero-order chi connectivity index (χ0) is 28.1. The molecule has 0 aliphatic heterocycles. The summed E-state index contributed by atoms with van der Waals surface area (Å²) in [5.41, 5.74) is 1.95. The molecule has 0 saturated carbocycles. The summed E-state index contributed by atoms with van der Waals surface area (Å²) in [6.07, 6.45) is 15.1. The van der Waals surface area contributed by atoms with Crippen LogP contribution in [0.4, 0.5) is 0 Å². The zero-order valence-corrected chi connectivity index (χ0v) is 25.6. The van der Waals surface area contributed by atoms with E-state index in [0.29, 0.717) is 6.42 Å². The first kappa shape index (κ1) is 35.9. The van der Waals surface area contributed by atoms with Crippen molar-refractivity contribution in [2.24, 2.45) is 0 Å². The van der Waals surface area contributed by atoms with Crippen molar-refractivity contribution in [2.75, 3.05) is 13.1 Å². The average Bonchev–Trinajstić information content (AvgIpc) is 2.95. The zero-order valence-electron chi connectivity index (χ0n) is 24.7. The van der Waals surface area contributed by atoms with Crippen LogP contribution in [0, 0.1) is 0 Å². The molecule has 5 nitrogen and oxygen atoms in total. The maximum atomic E-state index is 13.8. The van der Waals surface area contributed by atoms with Crippen molar-refractivity contribution in [3.8, 4) is 0 Å². The van der Waals surface area contributed by atoms with Gasteiger partial charge >= 0.3 is 17.1 Å². The van der Waals surface area contributed by atoms with E-state index in [0.717, 1.165) is 49.9 Å². The monoisotopic (exact) mass is 598 g/mol. The number of amides is 1. The molecule has 2 aromatic carbocycles. The first-order valence-corrected chi connectivity index (χ1v) is 15.3. The van der Waals surface area contributed by atoms with Crippen LogP contribution in [0.1, 0.15) is 102 Å². The van der Waals surface area contributed by atoms with Crippen molar-refractivity contribution in [2.45, 2.75) is 116 Å². The summed E-state index contributed by atoms with van der Waals surface area (Å²) in [5, 5.41) is 14.3. The van der Waals surface area contributed by atoms with Crippen LogP contribution in [0.3, 0.4) is 0 Å². The van der Waals surface area contributed by atoms with E-state index in [2.05, 4.69) is 24.1 Å². The molecule has 1 amide bonds. The summed E-state index contributed by atoms with van der Waals surface area (Å²) in [5.74, 6) is -1.36. The Morgan fingerprint density at radius 2 is 1.10 bits per heavy atom. The normalized spacial score (nSPS) is 12.5. The molecule has 0 spiro atoms. The van der Waals surface area contributed by atoms with Crippen molar-refractivity contribution in [3.63, 3.8) is 0 Å². The molecule has 6 heteroatoms. The molecule has 0 aliphatic rings. The number of carboxylic acid groups (broad SMARTS) is 1. The summed E-state index contributed by atoms with van der Waals surface area (Å²) in [6, 6.07) is 18.0. The molecule has 0 fully saturated rings. The fourth-order valence-electron chi connectivity index (χ4n) is 5.09. The summed E-state index contributed by atoms with van der Waals surface area (Å²) < 4.78 is 0. The van der Waals surface area contributed by atoms with Crippen molar-refractivity contribution >= 4 is 11.9 Å². The number of benzene rings is 2. The van der Waals surface area contributed by atoms with Crippen LogP contribution < -0.4 is 0 Å². The molecule has 0 aromatic heterocycles. The molecular weight excluding hydrogens is 548 g/mol. The van der Waals surface area contributed by atoms with Gasteiger partial charge in [0.25, 0.3) is 5.97 Å². The third-order valence-electron chi connectivity index (χ3n) is 7.44. The van der Waals surface area contributed by atoms with Crippen LogP contribution in [-0.2, 0) is 39.5 Å². The van der Waals surface area contributed by atoms with Gasteiger partial charge in [-0.1, -0.05) is 139 Å². The minimum Gasteiger partial charge on any atom is -0.640 e. The van der Waals surface area contributed by atoms with Gasteiger partial charge in [0.2, 0.25) is 0 Å². The van der Waals surface area contributed by atoms with E-state index >= 15 is 0 Å². The molecule has 1 N–H and O–H groups in total. The molecule has 2 rings (SSSR count). The minimum atomic E-state index is -1.08. The molecule has 2 aromatic rings. The number of unbranched alkanes of at least 4 members (excludes halogenated alkanes) is 10. The standard InChI is InChI=1S/C34H52N2O3.Cu/c1-3-5-7-9-11-19-25-36(26-20-12-10-8-6-4-2)32(28-30-23-17-14-18-24-30)33(37)35-31(34(38)39)27-29-21-15-13-16-22-29;/h13-18,21-24,31-32H,3-12,19-20,25-28H2,1-2H3,(H2,35,37,38,39);/q;+1/p-1/t31-,32-;/m0./s1. The van der Waals surface area contributed by atoms with Crippen LogP contribution in [0.5, 0.6) is 0 Å². The van der Waals surface area contributed by atoms with E-state index in [4.69, 9.17) is 0 Å². The van der Waals surface area contributed by atoms with Crippen LogP contribution >= 0.6 is 0 Å². The number of aliphatic carboxylic acids is 1. The largest absolute Gasteiger partial charge is 1.00 e. The Balaban J connectivity index is 0.00000800. The van der Waals surface area contributed by atoms with Gasteiger partial charge in [0.1, 0.15) is 0 Å². The minimum absolute atomic E-state index is 0. The molecule has 0 unspecified atom stereocenters. The predicted octanol–water partition coefficient (Wildman–Crippen LogP) is 8.21. The van der Waals surface area contributed by atoms with Crippen LogP contribution in [0.15, 0.2) is 60.7 Å². The second-order valence-electron chi connectivity index (χ2n) is 10.8. The molecular formula is C34H51CuN2O3. The van der Waals surface area contributed by atoms with E-state index in [1.54, 1.807) is 0 Å². The smallest absolute Gasteiger partial charge is 0.640 e. The first-order chi connectivity index (χ1) is 19.0. The van der Waals surface area contributed by atoms with E-state index in [1.165, 1.54) is 51.4 Å². The Morgan fingerprint density at radius 1 is 0.675 bits per heavy atom. The van der Waals surface area contributed by atoms with Gasteiger partial charge in [-0.2, -0.15) is 0 Å². The van der Waals surface area contributed by atoms with Crippen molar-refractivity contribution in [3.05, 3.63) is 77.1 Å². The van der Waals surface area contributed by atoms with Crippen molar-refractivity contribution in [1.29, 1.82) is 0 Å². The van der Waals surface area contributed by atoms with Gasteiger partial charge in [0, 0.05) is 0 Å². The summed E-state index contributed by atoms with van der Waals surface area (Å²) in [7, 11) is 0. The molecule has 0 saturated heterocycles. The molecule has 0 heterocycles.